The lowest BCUT2D eigenvalue weighted by molar-refractivity contribution is -0.146. The number of hydrogen-bond acceptors (Lipinski definition) is 5. The number of nitrogens with zero attached hydrogens (tertiary/aromatic N) is 3. The predicted molar refractivity (Wildman–Crippen MR) is 84.1 cm³/mol. The zero-order valence-electron chi connectivity index (χ0n) is 13.7. The number of aromatic nitrogens is 3. The average Bonchev–Trinajstić information content (AvgIpc) is 2.97. The molecule has 0 radical (unpaired) electrons. The van der Waals surface area contributed by atoms with Crippen molar-refractivity contribution in [1.29, 1.82) is 0 Å². The van der Waals surface area contributed by atoms with Gasteiger partial charge in [0.2, 0.25) is 0 Å². The smallest absolute Gasteiger partial charge is 0.309 e. The van der Waals surface area contributed by atoms with E-state index >= 15 is 0 Å². The molecule has 0 fully saturated rings. The zero-order valence-corrected chi connectivity index (χ0v) is 13.7. The van der Waals surface area contributed by atoms with Crippen LogP contribution in [0.3, 0.4) is 0 Å². The van der Waals surface area contributed by atoms with Crippen molar-refractivity contribution in [3.63, 3.8) is 0 Å². The number of ether oxygens (including phenoxy) is 2. The largest absolute Gasteiger partial charge is 0.486 e. The highest BCUT2D eigenvalue weighted by Crippen LogP contribution is 2.22. The number of rotatable bonds is 4. The summed E-state index contributed by atoms with van der Waals surface area (Å²) in [6.45, 7) is 5.23. The number of methoxy groups -OCH3 is 1. The molecule has 1 atom stereocenters. The molecule has 0 saturated heterocycles. The van der Waals surface area contributed by atoms with Gasteiger partial charge in [-0.25, -0.2) is 0 Å². The van der Waals surface area contributed by atoms with Gasteiger partial charge in [-0.3, -0.25) is 4.79 Å². The van der Waals surface area contributed by atoms with Crippen molar-refractivity contribution in [1.82, 2.24) is 14.8 Å². The van der Waals surface area contributed by atoms with E-state index in [9.17, 15) is 4.79 Å². The molecular weight excluding hydrogens is 294 g/mol. The summed E-state index contributed by atoms with van der Waals surface area (Å²) in [4.78, 5) is 11.6. The summed E-state index contributed by atoms with van der Waals surface area (Å²) < 4.78 is 12.7. The molecule has 0 N–H and O–H groups in total. The molecule has 23 heavy (non-hydrogen) atoms. The molecule has 0 amide bonds. The van der Waals surface area contributed by atoms with Crippen molar-refractivity contribution in [2.45, 2.75) is 39.8 Å². The highest BCUT2D eigenvalue weighted by atomic mass is 16.5. The van der Waals surface area contributed by atoms with E-state index in [1.807, 2.05) is 22.8 Å². The van der Waals surface area contributed by atoms with Gasteiger partial charge in [0, 0.05) is 13.0 Å². The lowest BCUT2D eigenvalue weighted by Crippen LogP contribution is -2.27. The van der Waals surface area contributed by atoms with Crippen LogP contribution in [0.5, 0.6) is 5.75 Å². The van der Waals surface area contributed by atoms with E-state index in [-0.39, 0.29) is 11.9 Å². The molecule has 1 aromatic carbocycles. The van der Waals surface area contributed by atoms with E-state index < -0.39 is 0 Å². The first kappa shape index (κ1) is 15.5. The third kappa shape index (κ3) is 3.21. The molecule has 0 aliphatic carbocycles. The minimum absolute atomic E-state index is 0.120. The SMILES string of the molecule is COC(=O)C1CCn2c(COc3ccc(C)c(C)c3)nnc2C1. The molecule has 2 aromatic rings. The van der Waals surface area contributed by atoms with Gasteiger partial charge in [0.25, 0.3) is 0 Å². The Hall–Kier alpha value is -2.37. The lowest BCUT2D eigenvalue weighted by Gasteiger charge is -2.21. The molecule has 122 valence electrons. The molecule has 3 rings (SSSR count). The number of benzene rings is 1. The van der Waals surface area contributed by atoms with Gasteiger partial charge in [0.1, 0.15) is 18.2 Å². The van der Waals surface area contributed by atoms with Crippen molar-refractivity contribution in [3.05, 3.63) is 41.0 Å². The van der Waals surface area contributed by atoms with Crippen molar-refractivity contribution in [2.75, 3.05) is 7.11 Å². The van der Waals surface area contributed by atoms with Crippen LogP contribution in [0.1, 0.15) is 29.2 Å². The van der Waals surface area contributed by atoms with E-state index in [0.29, 0.717) is 19.6 Å². The summed E-state index contributed by atoms with van der Waals surface area (Å²) in [7, 11) is 1.42. The van der Waals surface area contributed by atoms with Gasteiger partial charge in [-0.1, -0.05) is 6.07 Å². The fourth-order valence-electron chi connectivity index (χ4n) is 2.82. The Morgan fingerprint density at radius 3 is 2.87 bits per heavy atom. The Morgan fingerprint density at radius 1 is 1.30 bits per heavy atom. The summed E-state index contributed by atoms with van der Waals surface area (Å²) in [5, 5.41) is 8.40. The molecule has 1 unspecified atom stereocenters. The minimum atomic E-state index is -0.174. The molecule has 1 aliphatic heterocycles. The van der Waals surface area contributed by atoms with Crippen LogP contribution in [0.2, 0.25) is 0 Å². The molecule has 6 nitrogen and oxygen atoms in total. The topological polar surface area (TPSA) is 66.2 Å². The van der Waals surface area contributed by atoms with Gasteiger partial charge in [-0.2, -0.15) is 0 Å². The van der Waals surface area contributed by atoms with Crippen LogP contribution >= 0.6 is 0 Å². The van der Waals surface area contributed by atoms with Crippen LogP contribution in [-0.4, -0.2) is 27.8 Å². The quantitative estimate of drug-likeness (QED) is 0.809. The first-order valence-electron chi connectivity index (χ1n) is 7.77. The van der Waals surface area contributed by atoms with Gasteiger partial charge < -0.3 is 14.0 Å². The molecule has 1 aromatic heterocycles. The zero-order chi connectivity index (χ0) is 16.4. The standard InChI is InChI=1S/C17H21N3O3/c1-11-4-5-14(8-12(11)2)23-10-16-19-18-15-9-13(17(21)22-3)6-7-20(15)16/h4-5,8,13H,6-7,9-10H2,1-3H3. The van der Waals surface area contributed by atoms with Crippen LogP contribution in [0, 0.1) is 19.8 Å². The Balaban J connectivity index is 1.68. The van der Waals surface area contributed by atoms with E-state index in [0.717, 1.165) is 23.8 Å². The molecule has 6 heteroatoms. The second-order valence-corrected chi connectivity index (χ2v) is 5.93. The number of fused-ring (bicyclic) bond motifs is 1. The summed E-state index contributed by atoms with van der Waals surface area (Å²) in [6.07, 6.45) is 1.32. The monoisotopic (exact) mass is 315 g/mol. The Labute approximate surface area is 135 Å². The van der Waals surface area contributed by atoms with Gasteiger partial charge in [-0.05, 0) is 43.5 Å². The summed E-state index contributed by atoms with van der Waals surface area (Å²) >= 11 is 0. The maximum absolute atomic E-state index is 11.6. The summed E-state index contributed by atoms with van der Waals surface area (Å²) in [5.74, 6) is 2.15. The number of aryl methyl sites for hydroxylation is 2. The third-order valence-electron chi connectivity index (χ3n) is 4.41. The predicted octanol–water partition coefficient (Wildman–Crippen LogP) is 2.21. The third-order valence-corrected chi connectivity index (χ3v) is 4.41. The normalized spacial score (nSPS) is 16.7. The second-order valence-electron chi connectivity index (χ2n) is 5.93. The van der Waals surface area contributed by atoms with Gasteiger partial charge >= 0.3 is 5.97 Å². The van der Waals surface area contributed by atoms with E-state index in [4.69, 9.17) is 9.47 Å². The van der Waals surface area contributed by atoms with Crippen molar-refractivity contribution in [2.24, 2.45) is 5.92 Å². The maximum Gasteiger partial charge on any atom is 0.309 e. The van der Waals surface area contributed by atoms with Gasteiger partial charge in [0.15, 0.2) is 5.82 Å². The Morgan fingerprint density at radius 2 is 2.13 bits per heavy atom. The fraction of sp³-hybridized carbons (Fsp3) is 0.471. The summed E-state index contributed by atoms with van der Waals surface area (Å²) in [5.41, 5.74) is 2.44. The fourth-order valence-corrected chi connectivity index (χ4v) is 2.82. The maximum atomic E-state index is 11.6. The van der Waals surface area contributed by atoms with Crippen molar-refractivity contribution >= 4 is 5.97 Å². The van der Waals surface area contributed by atoms with E-state index in [1.165, 1.54) is 18.2 Å². The minimum Gasteiger partial charge on any atom is -0.486 e. The number of carbonyl (C=O) groups is 1. The van der Waals surface area contributed by atoms with Crippen molar-refractivity contribution < 1.29 is 14.3 Å². The van der Waals surface area contributed by atoms with E-state index in [2.05, 4.69) is 24.0 Å². The van der Waals surface area contributed by atoms with Crippen LogP contribution in [0.25, 0.3) is 0 Å². The Kier molecular flexibility index (Phi) is 4.32. The van der Waals surface area contributed by atoms with Gasteiger partial charge in [0.05, 0.1) is 13.0 Å². The highest BCUT2D eigenvalue weighted by molar-refractivity contribution is 5.72. The second kappa shape index (κ2) is 6.40. The number of carbonyl (C=O) groups excluding carboxylic acids is 1. The number of esters is 1. The number of hydrogen-bond donors (Lipinski definition) is 0. The van der Waals surface area contributed by atoms with Crippen LogP contribution < -0.4 is 4.74 Å². The highest BCUT2D eigenvalue weighted by Gasteiger charge is 2.28. The molecule has 0 bridgehead atoms. The first-order valence-corrected chi connectivity index (χ1v) is 7.77. The summed E-state index contributed by atoms with van der Waals surface area (Å²) in [6, 6.07) is 6.03. The van der Waals surface area contributed by atoms with Crippen LogP contribution in [0.15, 0.2) is 18.2 Å². The average molecular weight is 315 g/mol. The lowest BCUT2D eigenvalue weighted by atomic mass is 9.98. The van der Waals surface area contributed by atoms with Crippen molar-refractivity contribution in [3.8, 4) is 5.75 Å². The molecule has 1 aliphatic rings. The van der Waals surface area contributed by atoms with Gasteiger partial charge in [-0.15, -0.1) is 10.2 Å². The van der Waals surface area contributed by atoms with Crippen LogP contribution in [0.4, 0.5) is 0 Å². The molecule has 0 spiro atoms. The van der Waals surface area contributed by atoms with Crippen LogP contribution in [-0.2, 0) is 29.1 Å². The molecular formula is C17H21N3O3. The molecule has 2 heterocycles. The molecule has 0 saturated carbocycles. The Bertz CT molecular complexity index is 724. The first-order chi connectivity index (χ1) is 11.1. The van der Waals surface area contributed by atoms with E-state index in [1.54, 1.807) is 0 Å².